The lowest BCUT2D eigenvalue weighted by Crippen LogP contribution is -2.03. The standard InChI is InChI=1S/C14H10ClF3O/c1-7-2-8(4-9(16)3-7)14(19)10-5-12(17)13(18)6-11(10)15/h2-6,14,19H,1H3. The van der Waals surface area contributed by atoms with E-state index in [4.69, 9.17) is 11.6 Å². The lowest BCUT2D eigenvalue weighted by Gasteiger charge is -2.14. The first-order valence-electron chi connectivity index (χ1n) is 5.48. The van der Waals surface area contributed by atoms with Crippen LogP contribution in [0.2, 0.25) is 5.02 Å². The van der Waals surface area contributed by atoms with E-state index in [-0.39, 0.29) is 16.1 Å². The third-order valence-electron chi connectivity index (χ3n) is 2.71. The van der Waals surface area contributed by atoms with Crippen molar-refractivity contribution in [1.82, 2.24) is 0 Å². The van der Waals surface area contributed by atoms with E-state index < -0.39 is 23.6 Å². The number of aliphatic hydroxyl groups is 1. The molecule has 2 rings (SSSR count). The molecule has 100 valence electrons. The summed E-state index contributed by atoms with van der Waals surface area (Å²) < 4.78 is 39.4. The third-order valence-corrected chi connectivity index (χ3v) is 3.04. The van der Waals surface area contributed by atoms with Gasteiger partial charge in [-0.3, -0.25) is 0 Å². The average Bonchev–Trinajstić information content (AvgIpc) is 2.31. The van der Waals surface area contributed by atoms with Crippen LogP contribution in [0.15, 0.2) is 30.3 Å². The summed E-state index contributed by atoms with van der Waals surface area (Å²) in [6.07, 6.45) is -1.32. The molecule has 0 radical (unpaired) electrons. The summed E-state index contributed by atoms with van der Waals surface area (Å²) in [6.45, 7) is 1.66. The van der Waals surface area contributed by atoms with Gasteiger partial charge in [-0.05, 0) is 42.3 Å². The fourth-order valence-electron chi connectivity index (χ4n) is 1.85. The quantitative estimate of drug-likeness (QED) is 0.822. The zero-order valence-electron chi connectivity index (χ0n) is 9.92. The SMILES string of the molecule is Cc1cc(F)cc(C(O)c2cc(F)c(F)cc2Cl)c1. The van der Waals surface area contributed by atoms with Gasteiger partial charge >= 0.3 is 0 Å². The van der Waals surface area contributed by atoms with E-state index >= 15 is 0 Å². The molecule has 2 aromatic rings. The van der Waals surface area contributed by atoms with Gasteiger partial charge < -0.3 is 5.11 Å². The number of halogens is 4. The highest BCUT2D eigenvalue weighted by Gasteiger charge is 2.18. The molecule has 19 heavy (non-hydrogen) atoms. The van der Waals surface area contributed by atoms with Crippen LogP contribution >= 0.6 is 11.6 Å². The van der Waals surface area contributed by atoms with Crippen molar-refractivity contribution >= 4 is 11.6 Å². The molecule has 1 nitrogen and oxygen atoms in total. The number of hydrogen-bond donors (Lipinski definition) is 1. The summed E-state index contributed by atoms with van der Waals surface area (Å²) in [4.78, 5) is 0. The maximum Gasteiger partial charge on any atom is 0.160 e. The molecule has 0 heterocycles. The van der Waals surface area contributed by atoms with E-state index in [1.807, 2.05) is 0 Å². The summed E-state index contributed by atoms with van der Waals surface area (Å²) in [7, 11) is 0. The fourth-order valence-corrected chi connectivity index (χ4v) is 2.10. The van der Waals surface area contributed by atoms with Gasteiger partial charge in [-0.25, -0.2) is 13.2 Å². The zero-order chi connectivity index (χ0) is 14.2. The molecule has 0 fully saturated rings. The molecule has 0 aliphatic carbocycles. The smallest absolute Gasteiger partial charge is 0.160 e. The van der Waals surface area contributed by atoms with Crippen LogP contribution in [-0.4, -0.2) is 5.11 Å². The Hall–Kier alpha value is -1.52. The highest BCUT2D eigenvalue weighted by Crippen LogP contribution is 2.30. The first-order chi connectivity index (χ1) is 8.88. The van der Waals surface area contributed by atoms with Crippen LogP contribution in [0.5, 0.6) is 0 Å². The number of rotatable bonds is 2. The number of hydrogen-bond acceptors (Lipinski definition) is 1. The van der Waals surface area contributed by atoms with Crippen molar-refractivity contribution in [1.29, 1.82) is 0 Å². The second kappa shape index (κ2) is 5.23. The molecular formula is C14H10ClF3O. The Kier molecular flexibility index (Phi) is 3.83. The Bertz CT molecular complexity index is 608. The van der Waals surface area contributed by atoms with Gasteiger partial charge in [0, 0.05) is 10.6 Å². The molecule has 1 N–H and O–H groups in total. The van der Waals surface area contributed by atoms with Crippen LogP contribution in [0.25, 0.3) is 0 Å². The first-order valence-corrected chi connectivity index (χ1v) is 5.86. The Morgan fingerprint density at radius 1 is 1.00 bits per heavy atom. The molecule has 0 saturated heterocycles. The Labute approximate surface area is 113 Å². The first kappa shape index (κ1) is 13.9. The monoisotopic (exact) mass is 286 g/mol. The molecule has 0 aromatic heterocycles. The van der Waals surface area contributed by atoms with Crippen LogP contribution in [0.3, 0.4) is 0 Å². The molecule has 1 unspecified atom stereocenters. The molecule has 2 aromatic carbocycles. The molecular weight excluding hydrogens is 277 g/mol. The Morgan fingerprint density at radius 3 is 2.26 bits per heavy atom. The predicted molar refractivity (Wildman–Crippen MR) is 66.6 cm³/mol. The maximum absolute atomic E-state index is 13.3. The van der Waals surface area contributed by atoms with Crippen molar-refractivity contribution in [2.24, 2.45) is 0 Å². The summed E-state index contributed by atoms with van der Waals surface area (Å²) in [5.74, 6) is -2.74. The van der Waals surface area contributed by atoms with Crippen molar-refractivity contribution < 1.29 is 18.3 Å². The normalized spacial score (nSPS) is 12.5. The number of benzene rings is 2. The van der Waals surface area contributed by atoms with Crippen LogP contribution in [0.1, 0.15) is 22.8 Å². The fraction of sp³-hybridized carbons (Fsp3) is 0.143. The summed E-state index contributed by atoms with van der Waals surface area (Å²) in [6, 6.07) is 5.55. The molecule has 1 atom stereocenters. The summed E-state index contributed by atoms with van der Waals surface area (Å²) >= 11 is 5.77. The average molecular weight is 287 g/mol. The van der Waals surface area contributed by atoms with E-state index in [1.165, 1.54) is 6.07 Å². The van der Waals surface area contributed by atoms with E-state index in [2.05, 4.69) is 0 Å². The van der Waals surface area contributed by atoms with Gasteiger partial charge in [0.25, 0.3) is 0 Å². The summed E-state index contributed by atoms with van der Waals surface area (Å²) in [5.41, 5.74) is 0.823. The highest BCUT2D eigenvalue weighted by atomic mass is 35.5. The lowest BCUT2D eigenvalue weighted by molar-refractivity contribution is 0.219. The molecule has 0 saturated carbocycles. The van der Waals surface area contributed by atoms with Crippen molar-refractivity contribution in [3.8, 4) is 0 Å². The van der Waals surface area contributed by atoms with E-state index in [0.29, 0.717) is 5.56 Å². The van der Waals surface area contributed by atoms with Crippen LogP contribution in [-0.2, 0) is 0 Å². The van der Waals surface area contributed by atoms with E-state index in [9.17, 15) is 18.3 Å². The second-order valence-electron chi connectivity index (χ2n) is 4.25. The molecule has 0 spiro atoms. The van der Waals surface area contributed by atoms with Gasteiger partial charge in [0.05, 0.1) is 0 Å². The van der Waals surface area contributed by atoms with Gasteiger partial charge in [0.1, 0.15) is 11.9 Å². The second-order valence-corrected chi connectivity index (χ2v) is 4.66. The van der Waals surface area contributed by atoms with Gasteiger partial charge in [-0.15, -0.1) is 0 Å². The molecule has 0 aliphatic heterocycles. The minimum atomic E-state index is -1.32. The largest absolute Gasteiger partial charge is 0.384 e. The van der Waals surface area contributed by atoms with Crippen LogP contribution in [0, 0.1) is 24.4 Å². The molecule has 5 heteroatoms. The third kappa shape index (κ3) is 2.91. The minimum Gasteiger partial charge on any atom is -0.384 e. The Balaban J connectivity index is 2.49. The zero-order valence-corrected chi connectivity index (χ0v) is 10.7. The van der Waals surface area contributed by atoms with Crippen molar-refractivity contribution in [3.05, 3.63) is 69.5 Å². The van der Waals surface area contributed by atoms with Gasteiger partial charge in [-0.1, -0.05) is 17.7 Å². The van der Waals surface area contributed by atoms with Crippen molar-refractivity contribution in [2.45, 2.75) is 13.0 Å². The van der Waals surface area contributed by atoms with Gasteiger partial charge in [0.15, 0.2) is 11.6 Å². The van der Waals surface area contributed by atoms with E-state index in [0.717, 1.165) is 18.2 Å². The predicted octanol–water partition coefficient (Wildman–Crippen LogP) is 4.15. The topological polar surface area (TPSA) is 20.2 Å². The highest BCUT2D eigenvalue weighted by molar-refractivity contribution is 6.31. The molecule has 0 amide bonds. The molecule has 0 bridgehead atoms. The van der Waals surface area contributed by atoms with Gasteiger partial charge in [0.2, 0.25) is 0 Å². The molecule has 0 aliphatic rings. The summed E-state index contributed by atoms with van der Waals surface area (Å²) in [5, 5.41) is 9.98. The lowest BCUT2D eigenvalue weighted by atomic mass is 9.99. The van der Waals surface area contributed by atoms with Crippen molar-refractivity contribution in [2.75, 3.05) is 0 Å². The van der Waals surface area contributed by atoms with E-state index in [1.54, 1.807) is 13.0 Å². The van der Waals surface area contributed by atoms with Crippen molar-refractivity contribution in [3.63, 3.8) is 0 Å². The minimum absolute atomic E-state index is 0.00873. The van der Waals surface area contributed by atoms with Crippen LogP contribution in [0.4, 0.5) is 13.2 Å². The maximum atomic E-state index is 13.3. The number of aryl methyl sites for hydroxylation is 1. The van der Waals surface area contributed by atoms with Gasteiger partial charge in [-0.2, -0.15) is 0 Å². The van der Waals surface area contributed by atoms with Crippen LogP contribution < -0.4 is 0 Å². The number of aliphatic hydroxyl groups excluding tert-OH is 1. The Morgan fingerprint density at radius 2 is 1.63 bits per heavy atom.